The molecule has 1 aliphatic rings. The Kier molecular flexibility index (Phi) is 5.09. The van der Waals surface area contributed by atoms with Gasteiger partial charge in [-0.05, 0) is 29.8 Å². The minimum absolute atomic E-state index is 0.0415. The average Bonchev–Trinajstić information content (AvgIpc) is 2.63. The number of hydrogen-bond donors (Lipinski definition) is 2. The van der Waals surface area contributed by atoms with Gasteiger partial charge in [0.2, 0.25) is 5.91 Å². The minimum Gasteiger partial charge on any atom is -0.496 e. The number of hydrazone groups is 2. The summed E-state index contributed by atoms with van der Waals surface area (Å²) in [7, 11) is 1.64. The van der Waals surface area contributed by atoms with Crippen LogP contribution in [0.5, 0.6) is 5.75 Å². The predicted octanol–water partition coefficient (Wildman–Crippen LogP) is 3.00. The van der Waals surface area contributed by atoms with Crippen LogP contribution in [0, 0.1) is 5.92 Å². The van der Waals surface area contributed by atoms with Gasteiger partial charge in [-0.1, -0.05) is 31.2 Å². The van der Waals surface area contributed by atoms with Gasteiger partial charge in [-0.2, -0.15) is 10.2 Å². The lowest BCUT2D eigenvalue weighted by atomic mass is 9.94. The molecular formula is C19H20N4O2. The van der Waals surface area contributed by atoms with Gasteiger partial charge in [0.1, 0.15) is 5.75 Å². The third-order valence-corrected chi connectivity index (χ3v) is 3.98. The predicted molar refractivity (Wildman–Crippen MR) is 99.1 cm³/mol. The second-order valence-corrected chi connectivity index (χ2v) is 5.83. The normalized spacial score (nSPS) is 17.1. The Morgan fingerprint density at radius 1 is 1.24 bits per heavy atom. The number of amides is 1. The molecule has 0 bridgehead atoms. The van der Waals surface area contributed by atoms with Crippen LogP contribution < -0.4 is 15.6 Å². The number of hydrogen-bond acceptors (Lipinski definition) is 5. The maximum Gasteiger partial charge on any atom is 0.240 e. The first kappa shape index (κ1) is 16.7. The molecule has 6 heteroatoms. The Labute approximate surface area is 146 Å². The van der Waals surface area contributed by atoms with E-state index in [1.54, 1.807) is 13.3 Å². The van der Waals surface area contributed by atoms with Crippen molar-refractivity contribution in [1.29, 1.82) is 0 Å². The van der Waals surface area contributed by atoms with Crippen LogP contribution in [0.2, 0.25) is 0 Å². The average molecular weight is 336 g/mol. The van der Waals surface area contributed by atoms with E-state index < -0.39 is 0 Å². The first-order valence-electron chi connectivity index (χ1n) is 8.06. The molecule has 1 unspecified atom stereocenters. The van der Waals surface area contributed by atoms with Crippen molar-refractivity contribution in [1.82, 2.24) is 5.43 Å². The van der Waals surface area contributed by atoms with Gasteiger partial charge < -0.3 is 4.74 Å². The Balaban J connectivity index is 1.67. The van der Waals surface area contributed by atoms with E-state index in [-0.39, 0.29) is 11.8 Å². The van der Waals surface area contributed by atoms with E-state index >= 15 is 0 Å². The van der Waals surface area contributed by atoms with Crippen LogP contribution in [0.15, 0.2) is 58.7 Å². The summed E-state index contributed by atoms with van der Waals surface area (Å²) in [6.07, 6.45) is 2.18. The standard InChI is InChI=1S/C19H20N4O2/c1-13-11-18(24)22-23-19(13)14-7-9-16(10-8-14)21-20-12-15-5-3-4-6-17(15)25-2/h3-10,12-13,21H,11H2,1-2H3,(H,22,24). The third-order valence-electron chi connectivity index (χ3n) is 3.98. The van der Waals surface area contributed by atoms with Crippen LogP contribution in [-0.2, 0) is 4.79 Å². The molecule has 128 valence electrons. The summed E-state index contributed by atoms with van der Waals surface area (Å²) in [6, 6.07) is 15.5. The fourth-order valence-electron chi connectivity index (χ4n) is 2.67. The van der Waals surface area contributed by atoms with E-state index in [0.717, 1.165) is 28.3 Å². The van der Waals surface area contributed by atoms with Gasteiger partial charge in [0, 0.05) is 17.9 Å². The van der Waals surface area contributed by atoms with Crippen LogP contribution in [0.3, 0.4) is 0 Å². The zero-order valence-corrected chi connectivity index (χ0v) is 14.2. The van der Waals surface area contributed by atoms with Gasteiger partial charge in [-0.15, -0.1) is 0 Å². The Morgan fingerprint density at radius 2 is 2.00 bits per heavy atom. The van der Waals surface area contributed by atoms with Crippen LogP contribution in [0.1, 0.15) is 24.5 Å². The first-order valence-corrected chi connectivity index (χ1v) is 8.06. The van der Waals surface area contributed by atoms with Gasteiger partial charge in [0.15, 0.2) is 0 Å². The molecular weight excluding hydrogens is 316 g/mol. The Bertz CT molecular complexity index is 812. The van der Waals surface area contributed by atoms with E-state index in [2.05, 4.69) is 21.1 Å². The molecule has 0 radical (unpaired) electrons. The topological polar surface area (TPSA) is 75.1 Å². The number of nitrogens with zero attached hydrogens (tertiary/aromatic N) is 2. The highest BCUT2D eigenvalue weighted by molar-refractivity contribution is 6.05. The van der Waals surface area contributed by atoms with E-state index in [0.29, 0.717) is 6.42 Å². The molecule has 3 rings (SSSR count). The van der Waals surface area contributed by atoms with Crippen molar-refractivity contribution in [3.05, 3.63) is 59.7 Å². The van der Waals surface area contributed by atoms with Crippen molar-refractivity contribution < 1.29 is 9.53 Å². The highest BCUT2D eigenvalue weighted by Crippen LogP contribution is 2.19. The van der Waals surface area contributed by atoms with Gasteiger partial charge in [0.05, 0.1) is 24.7 Å². The van der Waals surface area contributed by atoms with Crippen LogP contribution in [0.25, 0.3) is 0 Å². The fraction of sp³-hybridized carbons (Fsp3) is 0.211. The molecule has 2 aromatic rings. The third kappa shape index (κ3) is 4.03. The summed E-state index contributed by atoms with van der Waals surface area (Å²) >= 11 is 0. The lowest BCUT2D eigenvalue weighted by Gasteiger charge is -2.19. The van der Waals surface area contributed by atoms with Crippen LogP contribution in [0.4, 0.5) is 5.69 Å². The minimum atomic E-state index is -0.0415. The number of benzene rings is 2. The van der Waals surface area contributed by atoms with Crippen molar-refractivity contribution in [3.8, 4) is 5.75 Å². The summed E-state index contributed by atoms with van der Waals surface area (Å²) in [5, 5.41) is 8.41. The second kappa shape index (κ2) is 7.61. The highest BCUT2D eigenvalue weighted by atomic mass is 16.5. The summed E-state index contributed by atoms with van der Waals surface area (Å²) in [4.78, 5) is 11.3. The van der Waals surface area contributed by atoms with Crippen LogP contribution in [-0.4, -0.2) is 24.9 Å². The summed E-state index contributed by atoms with van der Waals surface area (Å²) in [5.41, 5.74) is 9.18. The molecule has 0 aromatic heterocycles. The van der Waals surface area contributed by atoms with E-state index in [1.165, 1.54) is 0 Å². The van der Waals surface area contributed by atoms with Crippen molar-refractivity contribution in [2.24, 2.45) is 16.1 Å². The van der Waals surface area contributed by atoms with Crippen molar-refractivity contribution >= 4 is 23.5 Å². The summed E-state index contributed by atoms with van der Waals surface area (Å²) in [6.45, 7) is 2.00. The zero-order valence-electron chi connectivity index (χ0n) is 14.2. The van der Waals surface area contributed by atoms with Crippen molar-refractivity contribution in [2.45, 2.75) is 13.3 Å². The molecule has 0 saturated heterocycles. The first-order chi connectivity index (χ1) is 12.2. The van der Waals surface area contributed by atoms with Gasteiger partial charge in [0.25, 0.3) is 0 Å². The van der Waals surface area contributed by atoms with E-state index in [1.807, 2.05) is 55.5 Å². The molecule has 0 saturated carbocycles. The number of ether oxygens (including phenoxy) is 1. The lowest BCUT2D eigenvalue weighted by molar-refractivity contribution is -0.121. The van der Waals surface area contributed by atoms with Gasteiger partial charge >= 0.3 is 0 Å². The number of carbonyl (C=O) groups is 1. The molecule has 6 nitrogen and oxygen atoms in total. The molecule has 1 atom stereocenters. The molecule has 25 heavy (non-hydrogen) atoms. The zero-order chi connectivity index (χ0) is 17.6. The molecule has 0 aliphatic carbocycles. The maximum atomic E-state index is 11.3. The number of para-hydroxylation sites is 1. The maximum absolute atomic E-state index is 11.3. The largest absolute Gasteiger partial charge is 0.496 e. The highest BCUT2D eigenvalue weighted by Gasteiger charge is 2.21. The van der Waals surface area contributed by atoms with Crippen LogP contribution >= 0.6 is 0 Å². The Hall–Kier alpha value is -3.15. The number of carbonyl (C=O) groups excluding carboxylic acids is 1. The molecule has 0 spiro atoms. The van der Waals surface area contributed by atoms with E-state index in [4.69, 9.17) is 4.74 Å². The Morgan fingerprint density at radius 3 is 2.72 bits per heavy atom. The molecule has 0 fully saturated rings. The van der Waals surface area contributed by atoms with Crippen molar-refractivity contribution in [3.63, 3.8) is 0 Å². The number of nitrogens with one attached hydrogen (secondary N) is 2. The molecule has 1 heterocycles. The van der Waals surface area contributed by atoms with Gasteiger partial charge in [-0.25, -0.2) is 5.43 Å². The molecule has 1 amide bonds. The lowest BCUT2D eigenvalue weighted by Crippen LogP contribution is -2.31. The molecule has 2 aromatic carbocycles. The number of methoxy groups -OCH3 is 1. The monoisotopic (exact) mass is 336 g/mol. The second-order valence-electron chi connectivity index (χ2n) is 5.83. The smallest absolute Gasteiger partial charge is 0.240 e. The summed E-state index contributed by atoms with van der Waals surface area (Å²) < 4.78 is 5.29. The number of rotatable bonds is 5. The van der Waals surface area contributed by atoms with Gasteiger partial charge in [-0.3, -0.25) is 10.2 Å². The van der Waals surface area contributed by atoms with E-state index in [9.17, 15) is 4.79 Å². The fourth-order valence-corrected chi connectivity index (χ4v) is 2.67. The summed E-state index contributed by atoms with van der Waals surface area (Å²) in [5.74, 6) is 0.839. The SMILES string of the molecule is COc1ccccc1C=NNc1ccc(C2=NNC(=O)CC2C)cc1. The quantitative estimate of drug-likeness (QED) is 0.651. The number of anilines is 1. The molecule has 2 N–H and O–H groups in total. The molecule has 1 aliphatic heterocycles. The van der Waals surface area contributed by atoms with Crippen molar-refractivity contribution in [2.75, 3.05) is 12.5 Å².